The molecule has 0 saturated heterocycles. The number of alkyl halides is 3. The molecule has 2 heterocycles. The Bertz CT molecular complexity index is 1160. The van der Waals surface area contributed by atoms with Crippen molar-refractivity contribution in [1.29, 1.82) is 0 Å². The van der Waals surface area contributed by atoms with E-state index in [4.69, 9.17) is 9.47 Å². The third-order valence-electron chi connectivity index (χ3n) is 5.80. The molecule has 0 spiro atoms. The van der Waals surface area contributed by atoms with E-state index in [9.17, 15) is 18.0 Å². The molecule has 1 aliphatic rings. The third-order valence-corrected chi connectivity index (χ3v) is 5.80. The zero-order valence-electron chi connectivity index (χ0n) is 18.6. The number of anilines is 1. The van der Waals surface area contributed by atoms with Gasteiger partial charge in [-0.15, -0.1) is 0 Å². The van der Waals surface area contributed by atoms with E-state index in [1.807, 2.05) is 30.3 Å². The van der Waals surface area contributed by atoms with Gasteiger partial charge in [-0.25, -0.2) is 15.0 Å². The molecule has 1 amide bonds. The van der Waals surface area contributed by atoms with Crippen LogP contribution in [0.15, 0.2) is 54.9 Å². The van der Waals surface area contributed by atoms with Crippen molar-refractivity contribution in [3.63, 3.8) is 0 Å². The molecule has 1 N–H and O–H groups in total. The highest BCUT2D eigenvalue weighted by Gasteiger charge is 2.60. The molecule has 0 aliphatic heterocycles. The van der Waals surface area contributed by atoms with Crippen LogP contribution in [0.4, 0.5) is 19.0 Å². The number of carbonyl (C=O) groups excluding carboxylic acids is 1. The smallest absolute Gasteiger partial charge is 0.417 e. The van der Waals surface area contributed by atoms with E-state index < -0.39 is 23.1 Å². The molecule has 178 valence electrons. The maximum atomic E-state index is 13.0. The Balaban J connectivity index is 1.52. The van der Waals surface area contributed by atoms with Crippen LogP contribution >= 0.6 is 0 Å². The summed E-state index contributed by atoms with van der Waals surface area (Å²) in [7, 11) is 1.56. The number of rotatable bonds is 8. The molecule has 2 atom stereocenters. The number of aryl methyl sites for hydroxylation is 1. The maximum Gasteiger partial charge on any atom is 0.417 e. The van der Waals surface area contributed by atoms with Crippen molar-refractivity contribution in [1.82, 2.24) is 15.0 Å². The number of carbonyl (C=O) groups is 1. The van der Waals surface area contributed by atoms with Crippen molar-refractivity contribution >= 4 is 11.7 Å². The Morgan fingerprint density at radius 2 is 1.91 bits per heavy atom. The largest absolute Gasteiger partial charge is 0.489 e. The van der Waals surface area contributed by atoms with Gasteiger partial charge in [-0.2, -0.15) is 13.2 Å². The lowest BCUT2D eigenvalue weighted by Crippen LogP contribution is -2.27. The second kappa shape index (κ2) is 9.38. The van der Waals surface area contributed by atoms with Gasteiger partial charge in [-0.05, 0) is 31.0 Å². The third kappa shape index (κ3) is 5.01. The molecule has 7 nitrogen and oxygen atoms in total. The Kier molecular flexibility index (Phi) is 6.52. The molecule has 3 aromatic rings. The van der Waals surface area contributed by atoms with Crippen molar-refractivity contribution < 1.29 is 27.4 Å². The molecule has 0 radical (unpaired) electrons. The van der Waals surface area contributed by atoms with E-state index in [1.165, 1.54) is 0 Å². The quantitative estimate of drug-likeness (QED) is 0.526. The van der Waals surface area contributed by atoms with Gasteiger partial charge in [0.1, 0.15) is 17.3 Å². The zero-order valence-corrected chi connectivity index (χ0v) is 18.6. The number of nitrogens with zero attached hydrogens (tertiary/aromatic N) is 3. The molecule has 1 fully saturated rings. The van der Waals surface area contributed by atoms with Crippen molar-refractivity contribution in [2.75, 3.05) is 19.0 Å². The van der Waals surface area contributed by atoms with Gasteiger partial charge in [0.05, 0.1) is 30.9 Å². The second-order valence-electron chi connectivity index (χ2n) is 8.15. The highest BCUT2D eigenvalue weighted by molar-refractivity contribution is 5.95. The van der Waals surface area contributed by atoms with Crippen LogP contribution in [-0.2, 0) is 27.7 Å². The molecule has 1 aliphatic carbocycles. The van der Waals surface area contributed by atoms with Crippen LogP contribution in [0.25, 0.3) is 0 Å². The molecule has 10 heteroatoms. The Morgan fingerprint density at radius 3 is 2.56 bits per heavy atom. The van der Waals surface area contributed by atoms with Gasteiger partial charge in [0.15, 0.2) is 5.75 Å². The minimum Gasteiger partial charge on any atom is -0.489 e. The molecular formula is C24H23F3N4O3. The fourth-order valence-corrected chi connectivity index (χ4v) is 3.90. The Labute approximate surface area is 194 Å². The van der Waals surface area contributed by atoms with Crippen molar-refractivity contribution in [2.24, 2.45) is 5.92 Å². The van der Waals surface area contributed by atoms with Gasteiger partial charge in [-0.3, -0.25) is 4.79 Å². The van der Waals surface area contributed by atoms with Crippen LogP contribution in [0.1, 0.15) is 29.1 Å². The summed E-state index contributed by atoms with van der Waals surface area (Å²) in [4.78, 5) is 25.3. The number of hydrogen-bond donors (Lipinski definition) is 1. The van der Waals surface area contributed by atoms with Gasteiger partial charge in [0.25, 0.3) is 0 Å². The van der Waals surface area contributed by atoms with Gasteiger partial charge in [-0.1, -0.05) is 30.3 Å². The van der Waals surface area contributed by atoms with E-state index in [-0.39, 0.29) is 24.9 Å². The summed E-state index contributed by atoms with van der Waals surface area (Å²) in [6, 6.07) is 11.5. The summed E-state index contributed by atoms with van der Waals surface area (Å²) in [6.07, 6.45) is -1.70. The molecule has 2 aromatic heterocycles. The first-order valence-corrected chi connectivity index (χ1v) is 10.6. The number of methoxy groups -OCH3 is 1. The standard InChI is InChI=1S/C24H23F3N4O3/c1-15-28-12-20(19(30-15)13-33-2)34-14-23(16-6-4-3-5-7-16)10-18(23)22(32)31-21-9-8-17(11-29-21)24(25,26)27/h3-9,11-12,18H,10,13-14H2,1-2H3,(H,29,31,32)/t18-,23+/m0/s1. The summed E-state index contributed by atoms with van der Waals surface area (Å²) < 4.78 is 49.6. The number of ether oxygens (including phenoxy) is 2. The topological polar surface area (TPSA) is 86.2 Å². The summed E-state index contributed by atoms with van der Waals surface area (Å²) >= 11 is 0. The molecule has 34 heavy (non-hydrogen) atoms. The van der Waals surface area contributed by atoms with Crippen LogP contribution < -0.4 is 10.1 Å². The first-order chi connectivity index (χ1) is 16.2. The van der Waals surface area contributed by atoms with Gasteiger partial charge >= 0.3 is 6.18 Å². The fourth-order valence-electron chi connectivity index (χ4n) is 3.90. The molecule has 1 saturated carbocycles. The monoisotopic (exact) mass is 472 g/mol. The van der Waals surface area contributed by atoms with Gasteiger partial charge in [0, 0.05) is 18.7 Å². The lowest BCUT2D eigenvalue weighted by Gasteiger charge is -2.20. The average Bonchev–Trinajstić information content (AvgIpc) is 3.55. The second-order valence-corrected chi connectivity index (χ2v) is 8.15. The summed E-state index contributed by atoms with van der Waals surface area (Å²) in [6.45, 7) is 2.21. The summed E-state index contributed by atoms with van der Waals surface area (Å²) in [5, 5.41) is 2.63. The fraction of sp³-hybridized carbons (Fsp3) is 0.333. The number of hydrogen-bond acceptors (Lipinski definition) is 6. The number of amides is 1. The normalized spacial score (nSPS) is 19.5. The average molecular weight is 472 g/mol. The number of aromatic nitrogens is 3. The SMILES string of the molecule is COCc1nc(C)ncc1OC[C@@]1(c2ccccc2)C[C@H]1C(=O)Nc1ccc(C(F)(F)F)cn1. The van der Waals surface area contributed by atoms with E-state index in [2.05, 4.69) is 20.3 Å². The Morgan fingerprint density at radius 1 is 1.15 bits per heavy atom. The number of nitrogens with one attached hydrogen (secondary N) is 1. The minimum absolute atomic E-state index is 0.0575. The van der Waals surface area contributed by atoms with E-state index >= 15 is 0 Å². The zero-order chi connectivity index (χ0) is 24.3. The Hall–Kier alpha value is -3.53. The summed E-state index contributed by atoms with van der Waals surface area (Å²) in [5.74, 6) is 0.332. The van der Waals surface area contributed by atoms with E-state index in [0.717, 1.165) is 17.7 Å². The predicted molar refractivity (Wildman–Crippen MR) is 117 cm³/mol. The first-order valence-electron chi connectivity index (χ1n) is 10.6. The lowest BCUT2D eigenvalue weighted by atomic mass is 9.93. The van der Waals surface area contributed by atoms with Gasteiger partial charge in [0.2, 0.25) is 5.91 Å². The van der Waals surface area contributed by atoms with Crippen LogP contribution in [-0.4, -0.2) is 34.6 Å². The van der Waals surface area contributed by atoms with Crippen LogP contribution in [0.3, 0.4) is 0 Å². The predicted octanol–water partition coefficient (Wildman–Crippen LogP) is 4.32. The molecular weight excluding hydrogens is 449 g/mol. The van der Waals surface area contributed by atoms with Gasteiger partial charge < -0.3 is 14.8 Å². The molecule has 0 unspecified atom stereocenters. The summed E-state index contributed by atoms with van der Waals surface area (Å²) in [5.41, 5.74) is 0.0498. The van der Waals surface area contributed by atoms with Crippen molar-refractivity contribution in [3.8, 4) is 5.75 Å². The highest BCUT2D eigenvalue weighted by Crippen LogP contribution is 2.55. The van der Waals surface area contributed by atoms with E-state index in [1.54, 1.807) is 20.2 Å². The molecule has 0 bridgehead atoms. The first kappa shape index (κ1) is 23.6. The lowest BCUT2D eigenvalue weighted by molar-refractivity contribution is -0.137. The number of halogens is 3. The highest BCUT2D eigenvalue weighted by atomic mass is 19.4. The van der Waals surface area contributed by atoms with Crippen LogP contribution in [0.2, 0.25) is 0 Å². The van der Waals surface area contributed by atoms with Crippen molar-refractivity contribution in [2.45, 2.75) is 31.5 Å². The van der Waals surface area contributed by atoms with E-state index in [0.29, 0.717) is 29.9 Å². The maximum absolute atomic E-state index is 13.0. The molecule has 4 rings (SSSR count). The minimum atomic E-state index is -4.49. The van der Waals surface area contributed by atoms with Crippen LogP contribution in [0, 0.1) is 12.8 Å². The van der Waals surface area contributed by atoms with Crippen molar-refractivity contribution in [3.05, 3.63) is 77.5 Å². The van der Waals surface area contributed by atoms with Crippen LogP contribution in [0.5, 0.6) is 5.75 Å². The number of pyridine rings is 1. The molecule has 1 aromatic carbocycles. The number of benzene rings is 1.